The zero-order chi connectivity index (χ0) is 14.2. The van der Waals surface area contributed by atoms with E-state index in [9.17, 15) is 9.90 Å². The van der Waals surface area contributed by atoms with E-state index < -0.39 is 11.6 Å². The Labute approximate surface area is 119 Å². The van der Waals surface area contributed by atoms with Crippen molar-refractivity contribution >= 4 is 5.97 Å². The molecule has 3 saturated heterocycles. The summed E-state index contributed by atoms with van der Waals surface area (Å²) < 4.78 is 5.61. The smallest absolute Gasteiger partial charge is 0.342 e. The lowest BCUT2D eigenvalue weighted by Crippen LogP contribution is -2.53. The van der Waals surface area contributed by atoms with Crippen LogP contribution in [0, 0.1) is 5.92 Å². The summed E-state index contributed by atoms with van der Waals surface area (Å²) in [5.74, 6) is -0.0852. The van der Waals surface area contributed by atoms with E-state index in [0.717, 1.165) is 32.5 Å². The standard InChI is InChI=1S/C16H21NO3/c1-16(19,13-5-3-2-4-6-13)15(18)20-14-11-17-9-7-12(14)8-10-17/h2-6,12,14,19H,7-11H2,1H3/t14-,16+/m1/s1. The summed E-state index contributed by atoms with van der Waals surface area (Å²) in [6, 6.07) is 8.98. The summed E-state index contributed by atoms with van der Waals surface area (Å²) in [5, 5.41) is 10.5. The van der Waals surface area contributed by atoms with E-state index in [1.54, 1.807) is 12.1 Å². The van der Waals surface area contributed by atoms with Gasteiger partial charge in [-0.05, 0) is 44.3 Å². The molecule has 4 nitrogen and oxygen atoms in total. The fourth-order valence-electron chi connectivity index (χ4n) is 3.18. The van der Waals surface area contributed by atoms with E-state index in [-0.39, 0.29) is 6.10 Å². The first kappa shape index (κ1) is 13.6. The van der Waals surface area contributed by atoms with Crippen LogP contribution in [0.2, 0.25) is 0 Å². The van der Waals surface area contributed by atoms with Gasteiger partial charge in [-0.2, -0.15) is 0 Å². The predicted octanol–water partition coefficient (Wildman–Crippen LogP) is 1.53. The number of carbonyl (C=O) groups is 1. The second-order valence-corrected chi connectivity index (χ2v) is 6.02. The van der Waals surface area contributed by atoms with Gasteiger partial charge in [-0.15, -0.1) is 0 Å². The minimum Gasteiger partial charge on any atom is -0.458 e. The van der Waals surface area contributed by atoms with Gasteiger partial charge >= 0.3 is 5.97 Å². The van der Waals surface area contributed by atoms with Crippen LogP contribution in [-0.4, -0.2) is 41.7 Å². The molecular formula is C16H21NO3. The van der Waals surface area contributed by atoms with Gasteiger partial charge in [0.2, 0.25) is 0 Å². The molecule has 0 aliphatic carbocycles. The molecule has 3 fully saturated rings. The number of esters is 1. The molecule has 108 valence electrons. The highest BCUT2D eigenvalue weighted by molar-refractivity contribution is 5.80. The summed E-state index contributed by atoms with van der Waals surface area (Å²) >= 11 is 0. The summed E-state index contributed by atoms with van der Waals surface area (Å²) in [6.45, 7) is 4.52. The van der Waals surface area contributed by atoms with Gasteiger partial charge in [-0.1, -0.05) is 30.3 Å². The molecule has 4 heteroatoms. The van der Waals surface area contributed by atoms with E-state index in [0.29, 0.717) is 11.5 Å². The first-order chi connectivity index (χ1) is 9.57. The number of fused-ring (bicyclic) bond motifs is 3. The minimum absolute atomic E-state index is 0.0693. The van der Waals surface area contributed by atoms with Crippen LogP contribution in [0.25, 0.3) is 0 Å². The maximum atomic E-state index is 12.3. The third-order valence-electron chi connectivity index (χ3n) is 4.59. The van der Waals surface area contributed by atoms with Gasteiger partial charge in [0.1, 0.15) is 6.10 Å². The monoisotopic (exact) mass is 275 g/mol. The van der Waals surface area contributed by atoms with Crippen molar-refractivity contribution in [2.45, 2.75) is 31.5 Å². The average Bonchev–Trinajstić information content (AvgIpc) is 2.49. The van der Waals surface area contributed by atoms with E-state index in [4.69, 9.17) is 4.74 Å². The van der Waals surface area contributed by atoms with Crippen molar-refractivity contribution in [1.82, 2.24) is 4.90 Å². The molecule has 3 heterocycles. The molecule has 3 aliphatic heterocycles. The predicted molar refractivity (Wildman–Crippen MR) is 75.1 cm³/mol. The van der Waals surface area contributed by atoms with Gasteiger partial charge in [-0.25, -0.2) is 4.79 Å². The number of hydrogen-bond donors (Lipinski definition) is 1. The zero-order valence-corrected chi connectivity index (χ0v) is 11.8. The van der Waals surface area contributed by atoms with E-state index in [2.05, 4.69) is 4.90 Å². The number of ether oxygens (including phenoxy) is 1. The van der Waals surface area contributed by atoms with Gasteiger partial charge in [-0.3, -0.25) is 4.90 Å². The molecule has 2 bridgehead atoms. The first-order valence-electron chi connectivity index (χ1n) is 7.29. The average molecular weight is 275 g/mol. The summed E-state index contributed by atoms with van der Waals surface area (Å²) in [5.41, 5.74) is -1.00. The van der Waals surface area contributed by atoms with Crippen molar-refractivity contribution in [3.8, 4) is 0 Å². The van der Waals surface area contributed by atoms with Gasteiger partial charge in [0, 0.05) is 6.54 Å². The van der Waals surface area contributed by atoms with Crippen molar-refractivity contribution in [1.29, 1.82) is 0 Å². The van der Waals surface area contributed by atoms with Crippen LogP contribution in [0.3, 0.4) is 0 Å². The molecule has 0 saturated carbocycles. The molecule has 0 radical (unpaired) electrons. The topological polar surface area (TPSA) is 49.8 Å². The molecule has 0 spiro atoms. The fraction of sp³-hybridized carbons (Fsp3) is 0.562. The third-order valence-corrected chi connectivity index (χ3v) is 4.59. The molecular weight excluding hydrogens is 254 g/mol. The maximum absolute atomic E-state index is 12.3. The second kappa shape index (κ2) is 5.19. The molecule has 1 aromatic rings. The van der Waals surface area contributed by atoms with Crippen LogP contribution >= 0.6 is 0 Å². The van der Waals surface area contributed by atoms with Crippen molar-refractivity contribution in [2.24, 2.45) is 5.92 Å². The third kappa shape index (κ3) is 2.45. The van der Waals surface area contributed by atoms with Gasteiger partial charge in [0.15, 0.2) is 5.60 Å². The Bertz CT molecular complexity index is 478. The Hall–Kier alpha value is -1.39. The molecule has 0 aromatic heterocycles. The number of hydrogen-bond acceptors (Lipinski definition) is 4. The Morgan fingerprint density at radius 2 is 1.95 bits per heavy atom. The number of aliphatic hydroxyl groups is 1. The Kier molecular flexibility index (Phi) is 3.52. The van der Waals surface area contributed by atoms with E-state index in [1.807, 2.05) is 18.2 Å². The van der Waals surface area contributed by atoms with Gasteiger partial charge in [0.25, 0.3) is 0 Å². The van der Waals surface area contributed by atoms with Crippen LogP contribution < -0.4 is 0 Å². The van der Waals surface area contributed by atoms with Gasteiger partial charge < -0.3 is 9.84 Å². The lowest BCUT2D eigenvalue weighted by atomic mass is 9.85. The van der Waals surface area contributed by atoms with Crippen molar-refractivity contribution in [3.63, 3.8) is 0 Å². The van der Waals surface area contributed by atoms with Crippen LogP contribution in [0.15, 0.2) is 30.3 Å². The highest BCUT2D eigenvalue weighted by Gasteiger charge is 2.41. The molecule has 1 aromatic carbocycles. The van der Waals surface area contributed by atoms with Crippen molar-refractivity contribution in [2.75, 3.05) is 19.6 Å². The van der Waals surface area contributed by atoms with Crippen LogP contribution in [0.5, 0.6) is 0 Å². The minimum atomic E-state index is -1.58. The number of carbonyl (C=O) groups excluding carboxylic acids is 1. The lowest BCUT2D eigenvalue weighted by molar-refractivity contribution is -0.179. The summed E-state index contributed by atoms with van der Waals surface area (Å²) in [6.07, 6.45) is 2.11. The van der Waals surface area contributed by atoms with Crippen LogP contribution in [-0.2, 0) is 15.1 Å². The molecule has 20 heavy (non-hydrogen) atoms. The van der Waals surface area contributed by atoms with Crippen molar-refractivity contribution < 1.29 is 14.6 Å². The highest BCUT2D eigenvalue weighted by atomic mass is 16.6. The Morgan fingerprint density at radius 3 is 2.50 bits per heavy atom. The van der Waals surface area contributed by atoms with Crippen LogP contribution in [0.1, 0.15) is 25.3 Å². The highest BCUT2D eigenvalue weighted by Crippen LogP contribution is 2.31. The normalized spacial score (nSPS) is 31.6. The van der Waals surface area contributed by atoms with E-state index in [1.165, 1.54) is 6.92 Å². The Balaban J connectivity index is 1.70. The van der Waals surface area contributed by atoms with Crippen molar-refractivity contribution in [3.05, 3.63) is 35.9 Å². The number of nitrogens with zero attached hydrogens (tertiary/aromatic N) is 1. The molecule has 4 rings (SSSR count). The SMILES string of the molecule is C[C@@](O)(C(=O)O[C@@H]1CN2CCC1CC2)c1ccccc1. The number of rotatable bonds is 3. The summed E-state index contributed by atoms with van der Waals surface area (Å²) in [4.78, 5) is 14.6. The second-order valence-electron chi connectivity index (χ2n) is 6.02. The largest absolute Gasteiger partial charge is 0.458 e. The number of benzene rings is 1. The molecule has 0 unspecified atom stereocenters. The lowest BCUT2D eigenvalue weighted by Gasteiger charge is -2.44. The Morgan fingerprint density at radius 1 is 1.30 bits per heavy atom. The quantitative estimate of drug-likeness (QED) is 0.850. The van der Waals surface area contributed by atoms with Gasteiger partial charge in [0.05, 0.1) is 0 Å². The molecule has 3 aliphatic rings. The molecule has 0 amide bonds. The first-order valence-corrected chi connectivity index (χ1v) is 7.29. The van der Waals surface area contributed by atoms with Crippen LogP contribution in [0.4, 0.5) is 0 Å². The molecule has 2 atom stereocenters. The summed E-state index contributed by atoms with van der Waals surface area (Å²) in [7, 11) is 0. The fourth-order valence-corrected chi connectivity index (χ4v) is 3.18. The van der Waals surface area contributed by atoms with E-state index >= 15 is 0 Å². The molecule has 1 N–H and O–H groups in total. The zero-order valence-electron chi connectivity index (χ0n) is 11.8. The number of piperidine rings is 3. The maximum Gasteiger partial charge on any atom is 0.342 e.